The average molecular weight is 459 g/mol. The highest BCUT2D eigenvalue weighted by Gasteiger charge is 2.11. The number of anilines is 1. The van der Waals surface area contributed by atoms with Gasteiger partial charge in [0.1, 0.15) is 0 Å². The van der Waals surface area contributed by atoms with E-state index in [-0.39, 0.29) is 24.0 Å². The summed E-state index contributed by atoms with van der Waals surface area (Å²) < 4.78 is 16.4. The SMILES string of the molecule is CN=C(NCCc1nc(C)no1)Nc1ccc2c(c1)OCCCO2.I. The van der Waals surface area contributed by atoms with Crippen LogP contribution in [0.2, 0.25) is 0 Å². The largest absolute Gasteiger partial charge is 0.490 e. The van der Waals surface area contributed by atoms with Gasteiger partial charge in [-0.3, -0.25) is 4.99 Å². The molecule has 0 amide bonds. The second-order valence-corrected chi connectivity index (χ2v) is 5.32. The monoisotopic (exact) mass is 459 g/mol. The highest BCUT2D eigenvalue weighted by molar-refractivity contribution is 14.0. The molecule has 0 saturated heterocycles. The molecule has 9 heteroatoms. The molecule has 2 N–H and O–H groups in total. The van der Waals surface area contributed by atoms with E-state index in [1.54, 1.807) is 14.0 Å². The molecule has 3 rings (SSSR count). The number of guanidine groups is 1. The number of aliphatic imine (C=N–C) groups is 1. The van der Waals surface area contributed by atoms with Crippen molar-refractivity contribution in [1.29, 1.82) is 0 Å². The van der Waals surface area contributed by atoms with E-state index in [1.807, 2.05) is 18.2 Å². The number of nitrogens with one attached hydrogen (secondary N) is 2. The number of aryl methyl sites for hydroxylation is 1. The molecule has 8 nitrogen and oxygen atoms in total. The first-order valence-corrected chi connectivity index (χ1v) is 7.91. The van der Waals surface area contributed by atoms with Gasteiger partial charge in [-0.2, -0.15) is 4.98 Å². The zero-order chi connectivity index (χ0) is 16.8. The molecule has 0 unspecified atom stereocenters. The van der Waals surface area contributed by atoms with E-state index in [0.717, 1.165) is 23.6 Å². The van der Waals surface area contributed by atoms with Gasteiger partial charge in [-0.15, -0.1) is 24.0 Å². The number of hydrogen-bond donors (Lipinski definition) is 2. The van der Waals surface area contributed by atoms with Crippen LogP contribution in [0.15, 0.2) is 27.7 Å². The van der Waals surface area contributed by atoms with Crippen molar-refractivity contribution in [2.45, 2.75) is 19.8 Å². The lowest BCUT2D eigenvalue weighted by molar-refractivity contribution is 0.297. The van der Waals surface area contributed by atoms with Gasteiger partial charge < -0.3 is 24.6 Å². The third-order valence-corrected chi connectivity index (χ3v) is 3.43. The summed E-state index contributed by atoms with van der Waals surface area (Å²) in [7, 11) is 1.72. The Bertz CT molecular complexity index is 720. The Morgan fingerprint density at radius 3 is 2.76 bits per heavy atom. The number of benzene rings is 1. The third kappa shape index (κ3) is 5.48. The molecule has 0 bridgehead atoms. The Morgan fingerprint density at radius 1 is 1.24 bits per heavy atom. The maximum atomic E-state index is 5.69. The van der Waals surface area contributed by atoms with Crippen LogP contribution < -0.4 is 20.1 Å². The first kappa shape index (κ1) is 19.3. The van der Waals surface area contributed by atoms with Gasteiger partial charge in [0.2, 0.25) is 5.89 Å². The van der Waals surface area contributed by atoms with Gasteiger partial charge in [-0.25, -0.2) is 0 Å². The average Bonchev–Trinajstić information content (AvgIpc) is 2.86. The van der Waals surface area contributed by atoms with Crippen molar-refractivity contribution in [3.8, 4) is 11.5 Å². The third-order valence-electron chi connectivity index (χ3n) is 3.43. The van der Waals surface area contributed by atoms with Crippen molar-refractivity contribution in [3.63, 3.8) is 0 Å². The molecule has 0 spiro atoms. The van der Waals surface area contributed by atoms with Crippen LogP contribution in [0.25, 0.3) is 0 Å². The van der Waals surface area contributed by atoms with E-state index < -0.39 is 0 Å². The minimum atomic E-state index is 0. The molecule has 2 aromatic rings. The van der Waals surface area contributed by atoms with Gasteiger partial charge in [-0.05, 0) is 19.1 Å². The summed E-state index contributed by atoms with van der Waals surface area (Å²) in [5.74, 6) is 3.41. The number of halogens is 1. The minimum Gasteiger partial charge on any atom is -0.490 e. The highest BCUT2D eigenvalue weighted by Crippen LogP contribution is 2.32. The number of hydrogen-bond acceptors (Lipinski definition) is 6. The fourth-order valence-corrected chi connectivity index (χ4v) is 2.29. The highest BCUT2D eigenvalue weighted by atomic mass is 127. The quantitative estimate of drug-likeness (QED) is 0.412. The summed E-state index contributed by atoms with van der Waals surface area (Å²) in [4.78, 5) is 8.37. The maximum absolute atomic E-state index is 5.69. The Labute approximate surface area is 163 Å². The Balaban J connectivity index is 0.00000225. The van der Waals surface area contributed by atoms with Crippen molar-refractivity contribution in [2.24, 2.45) is 4.99 Å². The maximum Gasteiger partial charge on any atom is 0.228 e. The van der Waals surface area contributed by atoms with Crippen LogP contribution in [0.3, 0.4) is 0 Å². The number of fused-ring (bicyclic) bond motifs is 1. The molecular weight excluding hydrogens is 437 g/mol. The molecule has 1 aliphatic heterocycles. The van der Waals surface area contributed by atoms with Crippen molar-refractivity contribution >= 4 is 35.6 Å². The number of aromatic nitrogens is 2. The van der Waals surface area contributed by atoms with Gasteiger partial charge in [0.25, 0.3) is 0 Å². The van der Waals surface area contributed by atoms with Crippen LogP contribution in [-0.2, 0) is 6.42 Å². The topological polar surface area (TPSA) is 93.8 Å². The van der Waals surface area contributed by atoms with E-state index in [9.17, 15) is 0 Å². The normalized spacial score (nSPS) is 13.6. The summed E-state index contributed by atoms with van der Waals surface area (Å²) >= 11 is 0. The van der Waals surface area contributed by atoms with Gasteiger partial charge in [-0.1, -0.05) is 5.16 Å². The second-order valence-electron chi connectivity index (χ2n) is 5.32. The summed E-state index contributed by atoms with van der Waals surface area (Å²) in [6.07, 6.45) is 1.51. The lowest BCUT2D eigenvalue weighted by Crippen LogP contribution is -2.32. The first-order valence-electron chi connectivity index (χ1n) is 7.91. The molecular formula is C16H22IN5O3. The Morgan fingerprint density at radius 2 is 2.04 bits per heavy atom. The molecule has 1 aliphatic rings. The van der Waals surface area contributed by atoms with Crippen molar-refractivity contribution in [1.82, 2.24) is 15.5 Å². The van der Waals surface area contributed by atoms with Gasteiger partial charge in [0, 0.05) is 38.2 Å². The summed E-state index contributed by atoms with van der Waals surface area (Å²) in [6, 6.07) is 5.74. The van der Waals surface area contributed by atoms with E-state index in [1.165, 1.54) is 0 Å². The summed E-state index contributed by atoms with van der Waals surface area (Å²) in [5, 5.41) is 10.2. The van der Waals surface area contributed by atoms with Crippen molar-refractivity contribution in [3.05, 3.63) is 29.9 Å². The Hall–Kier alpha value is -2.04. The van der Waals surface area contributed by atoms with Crippen LogP contribution in [0.4, 0.5) is 5.69 Å². The number of ether oxygens (including phenoxy) is 2. The molecule has 0 fully saturated rings. The molecule has 136 valence electrons. The number of rotatable bonds is 4. The van der Waals surface area contributed by atoms with Crippen LogP contribution in [0, 0.1) is 6.92 Å². The van der Waals surface area contributed by atoms with Crippen LogP contribution in [0.5, 0.6) is 11.5 Å². The predicted molar refractivity (Wildman–Crippen MR) is 105 cm³/mol. The molecule has 1 aromatic heterocycles. The lowest BCUT2D eigenvalue weighted by Gasteiger charge is -2.13. The van der Waals surface area contributed by atoms with Crippen LogP contribution in [0.1, 0.15) is 18.1 Å². The minimum absolute atomic E-state index is 0. The van der Waals surface area contributed by atoms with E-state index in [4.69, 9.17) is 14.0 Å². The predicted octanol–water partition coefficient (Wildman–Crippen LogP) is 2.39. The second kappa shape index (κ2) is 9.44. The van der Waals surface area contributed by atoms with Gasteiger partial charge in [0.15, 0.2) is 23.3 Å². The molecule has 0 radical (unpaired) electrons. The zero-order valence-corrected chi connectivity index (χ0v) is 16.6. The summed E-state index contributed by atoms with van der Waals surface area (Å²) in [5.41, 5.74) is 0.876. The standard InChI is InChI=1S/C16H21N5O3.HI/c1-11-19-15(24-21-11)6-7-18-16(17-2)20-12-4-5-13-14(10-12)23-9-3-8-22-13;/h4-5,10H,3,6-9H2,1-2H3,(H2,17,18,20);1H. The van der Waals surface area contributed by atoms with Crippen LogP contribution >= 0.6 is 24.0 Å². The van der Waals surface area contributed by atoms with Crippen molar-refractivity contribution < 1.29 is 14.0 Å². The van der Waals surface area contributed by atoms with E-state index >= 15 is 0 Å². The lowest BCUT2D eigenvalue weighted by atomic mass is 10.2. The fraction of sp³-hybridized carbons (Fsp3) is 0.438. The first-order chi connectivity index (χ1) is 11.7. The molecule has 1 aromatic carbocycles. The molecule has 0 saturated carbocycles. The number of nitrogens with zero attached hydrogens (tertiary/aromatic N) is 3. The molecule has 0 aliphatic carbocycles. The Kier molecular flexibility index (Phi) is 7.29. The van der Waals surface area contributed by atoms with Crippen LogP contribution in [-0.4, -0.2) is 42.9 Å². The fourth-order valence-electron chi connectivity index (χ4n) is 2.29. The zero-order valence-electron chi connectivity index (χ0n) is 14.2. The molecule has 2 heterocycles. The van der Waals surface area contributed by atoms with Crippen molar-refractivity contribution in [2.75, 3.05) is 32.1 Å². The van der Waals surface area contributed by atoms with Gasteiger partial charge >= 0.3 is 0 Å². The van der Waals surface area contributed by atoms with E-state index in [0.29, 0.717) is 43.9 Å². The van der Waals surface area contributed by atoms with Gasteiger partial charge in [0.05, 0.1) is 13.2 Å². The summed E-state index contributed by atoms with van der Waals surface area (Å²) in [6.45, 7) is 3.77. The smallest absolute Gasteiger partial charge is 0.228 e. The molecule has 25 heavy (non-hydrogen) atoms. The van der Waals surface area contributed by atoms with E-state index in [2.05, 4.69) is 25.8 Å². The molecule has 0 atom stereocenters.